The SMILES string of the molecule is CCCCS(=O)(=O)NC(=O)c1ccc2c(c1)C(=O)N(c1sc(C)c(-c3ccc(OC)cc3)c1C#N)C2=O. The van der Waals surface area contributed by atoms with E-state index >= 15 is 0 Å². The first-order chi connectivity index (χ1) is 17.6. The van der Waals surface area contributed by atoms with Gasteiger partial charge < -0.3 is 4.74 Å². The fraction of sp³-hybridized carbons (Fsp3) is 0.231. The van der Waals surface area contributed by atoms with E-state index in [0.717, 1.165) is 26.7 Å². The molecule has 3 amide bonds. The molecule has 1 aliphatic heterocycles. The molecule has 0 spiro atoms. The van der Waals surface area contributed by atoms with Crippen molar-refractivity contribution < 1.29 is 27.5 Å². The zero-order valence-electron chi connectivity index (χ0n) is 20.3. The van der Waals surface area contributed by atoms with Gasteiger partial charge in [0.1, 0.15) is 16.8 Å². The van der Waals surface area contributed by atoms with Gasteiger partial charge in [-0.05, 0) is 49.2 Å². The molecule has 0 fully saturated rings. The zero-order valence-corrected chi connectivity index (χ0v) is 22.0. The van der Waals surface area contributed by atoms with E-state index in [9.17, 15) is 28.1 Å². The van der Waals surface area contributed by atoms with Gasteiger partial charge in [0.05, 0.1) is 29.6 Å². The molecular weight excluding hydrogens is 514 g/mol. The molecule has 0 atom stereocenters. The monoisotopic (exact) mass is 537 g/mol. The minimum absolute atomic E-state index is 0.0375. The number of hydrogen-bond acceptors (Lipinski definition) is 8. The van der Waals surface area contributed by atoms with E-state index in [1.807, 2.05) is 11.6 Å². The number of carbonyl (C=O) groups excluding carboxylic acids is 3. The highest BCUT2D eigenvalue weighted by Gasteiger charge is 2.40. The van der Waals surface area contributed by atoms with Gasteiger partial charge >= 0.3 is 0 Å². The molecule has 1 aliphatic rings. The smallest absolute Gasteiger partial charge is 0.266 e. The van der Waals surface area contributed by atoms with Crippen molar-refractivity contribution in [2.24, 2.45) is 0 Å². The van der Waals surface area contributed by atoms with Crippen molar-refractivity contribution in [1.82, 2.24) is 4.72 Å². The van der Waals surface area contributed by atoms with E-state index in [1.54, 1.807) is 38.3 Å². The Labute approximate surface area is 218 Å². The molecule has 0 unspecified atom stereocenters. The third kappa shape index (κ3) is 4.85. The van der Waals surface area contributed by atoms with Crippen LogP contribution in [0, 0.1) is 18.3 Å². The number of aryl methyl sites for hydroxylation is 1. The minimum Gasteiger partial charge on any atom is -0.497 e. The van der Waals surface area contributed by atoms with Crippen LogP contribution in [-0.4, -0.2) is 39.0 Å². The average molecular weight is 538 g/mol. The second kappa shape index (κ2) is 10.2. The number of nitrogens with one attached hydrogen (secondary N) is 1. The molecule has 1 aromatic heterocycles. The molecule has 9 nitrogen and oxygen atoms in total. The predicted molar refractivity (Wildman–Crippen MR) is 140 cm³/mol. The molecule has 3 aromatic rings. The van der Waals surface area contributed by atoms with Gasteiger partial charge in [-0.2, -0.15) is 5.26 Å². The Hall–Kier alpha value is -4.01. The summed E-state index contributed by atoms with van der Waals surface area (Å²) in [6.45, 7) is 3.63. The summed E-state index contributed by atoms with van der Waals surface area (Å²) in [5.41, 5.74) is 1.49. The Kier molecular flexibility index (Phi) is 7.16. The first-order valence-corrected chi connectivity index (χ1v) is 13.8. The maximum Gasteiger partial charge on any atom is 0.266 e. The highest BCUT2D eigenvalue weighted by Crippen LogP contribution is 2.44. The van der Waals surface area contributed by atoms with Crippen molar-refractivity contribution in [3.05, 3.63) is 69.6 Å². The third-order valence-corrected chi connectivity index (χ3v) is 8.34. The first-order valence-electron chi connectivity index (χ1n) is 11.4. The maximum absolute atomic E-state index is 13.4. The molecule has 2 heterocycles. The number of nitrogens with zero attached hydrogens (tertiary/aromatic N) is 2. The summed E-state index contributed by atoms with van der Waals surface area (Å²) in [5, 5.41) is 10.2. The minimum atomic E-state index is -3.83. The molecule has 0 bridgehead atoms. The summed E-state index contributed by atoms with van der Waals surface area (Å²) in [7, 11) is -2.28. The summed E-state index contributed by atoms with van der Waals surface area (Å²) in [4.78, 5) is 40.8. The van der Waals surface area contributed by atoms with Crippen LogP contribution in [0.15, 0.2) is 42.5 Å². The lowest BCUT2D eigenvalue weighted by Gasteiger charge is -2.12. The number of ether oxygens (including phenoxy) is 1. The van der Waals surface area contributed by atoms with Crippen LogP contribution in [0.25, 0.3) is 11.1 Å². The van der Waals surface area contributed by atoms with Crippen LogP contribution in [0.1, 0.15) is 61.3 Å². The molecule has 0 saturated heterocycles. The van der Waals surface area contributed by atoms with Crippen molar-refractivity contribution in [3.8, 4) is 22.9 Å². The normalized spacial score (nSPS) is 12.9. The Morgan fingerprint density at radius 1 is 1.11 bits per heavy atom. The highest BCUT2D eigenvalue weighted by atomic mass is 32.2. The molecule has 0 radical (unpaired) electrons. The molecule has 1 N–H and O–H groups in total. The van der Waals surface area contributed by atoms with Crippen LogP contribution in [0.2, 0.25) is 0 Å². The van der Waals surface area contributed by atoms with Gasteiger partial charge in [0.15, 0.2) is 0 Å². The number of amides is 3. The molecular formula is C26H23N3O6S2. The summed E-state index contributed by atoms with van der Waals surface area (Å²) < 4.78 is 31.4. The van der Waals surface area contributed by atoms with Gasteiger partial charge in [-0.1, -0.05) is 25.5 Å². The van der Waals surface area contributed by atoms with Crippen molar-refractivity contribution in [2.75, 3.05) is 17.8 Å². The van der Waals surface area contributed by atoms with Crippen LogP contribution < -0.4 is 14.4 Å². The van der Waals surface area contributed by atoms with E-state index < -0.39 is 27.7 Å². The Bertz CT molecular complexity index is 1570. The fourth-order valence-corrected chi connectivity index (χ4v) is 6.34. The van der Waals surface area contributed by atoms with Crippen LogP contribution in [0.5, 0.6) is 5.75 Å². The number of carbonyl (C=O) groups is 3. The van der Waals surface area contributed by atoms with E-state index in [2.05, 4.69) is 6.07 Å². The van der Waals surface area contributed by atoms with E-state index in [4.69, 9.17) is 4.74 Å². The number of fused-ring (bicyclic) bond motifs is 1. The molecule has 4 rings (SSSR count). The number of nitriles is 1. The number of rotatable bonds is 8. The number of unbranched alkanes of at least 4 members (excludes halogenated alkanes) is 1. The van der Waals surface area contributed by atoms with Gasteiger partial charge in [0, 0.05) is 16.0 Å². The van der Waals surface area contributed by atoms with Crippen LogP contribution in [0.4, 0.5) is 5.00 Å². The summed E-state index contributed by atoms with van der Waals surface area (Å²) in [6, 6.07) is 13.0. The summed E-state index contributed by atoms with van der Waals surface area (Å²) in [6.07, 6.45) is 1.04. The Morgan fingerprint density at radius 2 is 1.78 bits per heavy atom. The average Bonchev–Trinajstić information content (AvgIpc) is 3.34. The Balaban J connectivity index is 1.69. The predicted octanol–water partition coefficient (Wildman–Crippen LogP) is 4.26. The van der Waals surface area contributed by atoms with Gasteiger partial charge in [-0.3, -0.25) is 14.4 Å². The lowest BCUT2D eigenvalue weighted by atomic mass is 10.0. The van der Waals surface area contributed by atoms with Crippen molar-refractivity contribution in [3.63, 3.8) is 0 Å². The number of thiophene rings is 1. The quantitative estimate of drug-likeness (QED) is 0.424. The molecule has 0 saturated carbocycles. The van der Waals surface area contributed by atoms with Gasteiger partial charge in [0.2, 0.25) is 10.0 Å². The summed E-state index contributed by atoms with van der Waals surface area (Å²) >= 11 is 1.14. The van der Waals surface area contributed by atoms with E-state index in [1.165, 1.54) is 18.2 Å². The van der Waals surface area contributed by atoms with Gasteiger partial charge in [-0.25, -0.2) is 18.0 Å². The number of imide groups is 1. The summed E-state index contributed by atoms with van der Waals surface area (Å²) in [5.74, 6) is -1.75. The van der Waals surface area contributed by atoms with Crippen molar-refractivity contribution >= 4 is 44.1 Å². The van der Waals surface area contributed by atoms with Crippen molar-refractivity contribution in [2.45, 2.75) is 26.7 Å². The van der Waals surface area contributed by atoms with E-state index in [0.29, 0.717) is 24.2 Å². The maximum atomic E-state index is 13.4. The number of sulfonamides is 1. The van der Waals surface area contributed by atoms with Gasteiger partial charge in [0.25, 0.3) is 17.7 Å². The second-order valence-electron chi connectivity index (χ2n) is 8.36. The largest absolute Gasteiger partial charge is 0.497 e. The number of methoxy groups -OCH3 is 1. The number of benzene rings is 2. The van der Waals surface area contributed by atoms with Gasteiger partial charge in [-0.15, -0.1) is 11.3 Å². The van der Waals surface area contributed by atoms with Crippen LogP contribution in [0.3, 0.4) is 0 Å². The third-order valence-electron chi connectivity index (χ3n) is 5.92. The lowest BCUT2D eigenvalue weighted by molar-refractivity contribution is 0.0925. The topological polar surface area (TPSA) is 134 Å². The fourth-order valence-electron chi connectivity index (χ4n) is 4.05. The second-order valence-corrected chi connectivity index (χ2v) is 11.4. The first kappa shape index (κ1) is 26.1. The number of hydrogen-bond donors (Lipinski definition) is 1. The van der Waals surface area contributed by atoms with Crippen LogP contribution >= 0.6 is 11.3 Å². The van der Waals surface area contributed by atoms with E-state index in [-0.39, 0.29) is 33.0 Å². The molecule has 37 heavy (non-hydrogen) atoms. The molecule has 190 valence electrons. The molecule has 0 aliphatic carbocycles. The van der Waals surface area contributed by atoms with Crippen LogP contribution in [-0.2, 0) is 10.0 Å². The number of anilines is 1. The molecule has 2 aromatic carbocycles. The molecule has 11 heteroatoms. The standard InChI is InChI=1S/C26H23N3O6S2/c1-4-5-12-37(33,34)28-23(30)17-8-11-19-20(13-17)25(32)29(24(19)31)26-21(14-27)22(15(2)36-26)16-6-9-18(35-3)10-7-16/h6-11,13H,4-5,12H2,1-3H3,(H,28,30). The van der Waals surface area contributed by atoms with Crippen molar-refractivity contribution in [1.29, 1.82) is 5.26 Å². The lowest BCUT2D eigenvalue weighted by Crippen LogP contribution is -2.32. The highest BCUT2D eigenvalue weighted by molar-refractivity contribution is 7.90. The zero-order chi connectivity index (χ0) is 26.9. The Morgan fingerprint density at radius 3 is 2.41 bits per heavy atom.